The summed E-state index contributed by atoms with van der Waals surface area (Å²) in [6.45, 7) is 0.252. The molecule has 0 saturated heterocycles. The number of hydrogen-bond acceptors (Lipinski definition) is 4. The summed E-state index contributed by atoms with van der Waals surface area (Å²) in [6.07, 6.45) is 0. The SMILES string of the molecule is CNCONCO. The molecule has 0 heterocycles. The first kappa shape index (κ1) is 6.84. The predicted molar refractivity (Wildman–Crippen MR) is 25.2 cm³/mol. The minimum Gasteiger partial charge on any atom is -0.379 e. The van der Waals surface area contributed by atoms with E-state index in [0.29, 0.717) is 6.73 Å². The van der Waals surface area contributed by atoms with Crippen LogP contribution in [0.4, 0.5) is 0 Å². The van der Waals surface area contributed by atoms with Gasteiger partial charge in [0, 0.05) is 0 Å². The lowest BCUT2D eigenvalue weighted by Crippen LogP contribution is -2.22. The van der Waals surface area contributed by atoms with Crippen molar-refractivity contribution in [3.05, 3.63) is 0 Å². The molecule has 0 amide bonds. The van der Waals surface area contributed by atoms with Gasteiger partial charge in [0.2, 0.25) is 0 Å². The van der Waals surface area contributed by atoms with Gasteiger partial charge in [0.15, 0.2) is 0 Å². The van der Waals surface area contributed by atoms with Crippen LogP contribution in [0, 0.1) is 0 Å². The minimum absolute atomic E-state index is 0.151. The molecule has 0 radical (unpaired) electrons. The first-order valence-electron chi connectivity index (χ1n) is 2.02. The van der Waals surface area contributed by atoms with Gasteiger partial charge < -0.3 is 5.11 Å². The van der Waals surface area contributed by atoms with Crippen molar-refractivity contribution in [2.45, 2.75) is 0 Å². The standard InChI is InChI=1S/C3H10N2O2/c1-4-3-7-5-2-6/h4-6H,2-3H2,1H3. The molecule has 4 nitrogen and oxygen atoms in total. The van der Waals surface area contributed by atoms with Crippen molar-refractivity contribution in [2.24, 2.45) is 0 Å². The normalized spacial score (nSPS) is 9.43. The van der Waals surface area contributed by atoms with E-state index in [9.17, 15) is 0 Å². The molecule has 0 bridgehead atoms. The Labute approximate surface area is 42.4 Å². The van der Waals surface area contributed by atoms with Gasteiger partial charge in [0.05, 0.1) is 0 Å². The smallest absolute Gasteiger partial charge is 0.118 e. The summed E-state index contributed by atoms with van der Waals surface area (Å²) in [4.78, 5) is 4.52. The zero-order valence-corrected chi connectivity index (χ0v) is 4.27. The van der Waals surface area contributed by atoms with Crippen LogP contribution < -0.4 is 10.8 Å². The Bertz CT molecular complexity index is 30.1. The summed E-state index contributed by atoms with van der Waals surface area (Å²) in [5, 5.41) is 10.7. The van der Waals surface area contributed by atoms with E-state index in [1.54, 1.807) is 7.05 Å². The molecule has 0 atom stereocenters. The van der Waals surface area contributed by atoms with Crippen LogP contribution in [0.3, 0.4) is 0 Å². The average Bonchev–Trinajstić information content (AvgIpc) is 1.69. The van der Waals surface area contributed by atoms with E-state index in [1.165, 1.54) is 0 Å². The lowest BCUT2D eigenvalue weighted by Gasteiger charge is -1.98. The summed E-state index contributed by atoms with van der Waals surface area (Å²) in [5.41, 5.74) is 2.24. The molecule has 0 unspecified atom stereocenters. The average molecular weight is 106 g/mol. The van der Waals surface area contributed by atoms with Gasteiger partial charge in [-0.25, -0.2) is 0 Å². The number of hydroxylamine groups is 1. The van der Waals surface area contributed by atoms with Crippen LogP contribution >= 0.6 is 0 Å². The second-order valence-electron chi connectivity index (χ2n) is 0.945. The summed E-state index contributed by atoms with van der Waals surface area (Å²) in [5.74, 6) is 0. The number of hydrogen-bond donors (Lipinski definition) is 3. The van der Waals surface area contributed by atoms with Crippen LogP contribution in [0.5, 0.6) is 0 Å². The fraction of sp³-hybridized carbons (Fsp3) is 1.00. The largest absolute Gasteiger partial charge is 0.379 e. The van der Waals surface area contributed by atoms with Crippen LogP contribution in [-0.2, 0) is 4.84 Å². The highest BCUT2D eigenvalue weighted by Crippen LogP contribution is 1.53. The van der Waals surface area contributed by atoms with E-state index in [2.05, 4.69) is 15.6 Å². The van der Waals surface area contributed by atoms with Crippen molar-refractivity contribution < 1.29 is 9.94 Å². The molecule has 4 heteroatoms. The molecule has 7 heavy (non-hydrogen) atoms. The highest BCUT2D eigenvalue weighted by atomic mass is 16.7. The Morgan fingerprint density at radius 3 is 2.86 bits per heavy atom. The predicted octanol–water partition coefficient (Wildman–Crippen LogP) is -1.37. The highest BCUT2D eigenvalue weighted by Gasteiger charge is 1.74. The minimum atomic E-state index is -0.151. The van der Waals surface area contributed by atoms with Crippen LogP contribution in [0.15, 0.2) is 0 Å². The lowest BCUT2D eigenvalue weighted by molar-refractivity contribution is -0.0116. The zero-order chi connectivity index (χ0) is 5.54. The summed E-state index contributed by atoms with van der Waals surface area (Å²) >= 11 is 0. The Morgan fingerprint density at radius 1 is 1.71 bits per heavy atom. The van der Waals surface area contributed by atoms with E-state index in [-0.39, 0.29) is 6.73 Å². The maximum atomic E-state index is 8.03. The lowest BCUT2D eigenvalue weighted by atomic mass is 11.2. The fourth-order valence-electron chi connectivity index (χ4n) is 0.169. The third kappa shape index (κ3) is 5.84. The summed E-state index contributed by atoms with van der Waals surface area (Å²) < 4.78 is 0. The molecule has 0 spiro atoms. The third-order valence-electron chi connectivity index (χ3n) is 0.383. The Morgan fingerprint density at radius 2 is 2.43 bits per heavy atom. The molecule has 44 valence electrons. The van der Waals surface area contributed by atoms with Gasteiger partial charge in [-0.15, -0.1) is 0 Å². The fourth-order valence-corrected chi connectivity index (χ4v) is 0.169. The molecule has 0 fully saturated rings. The van der Waals surface area contributed by atoms with Gasteiger partial charge >= 0.3 is 0 Å². The van der Waals surface area contributed by atoms with Gasteiger partial charge in [0.25, 0.3) is 0 Å². The molecular formula is C3H10N2O2. The van der Waals surface area contributed by atoms with E-state index in [4.69, 9.17) is 5.11 Å². The molecule has 0 aromatic carbocycles. The first-order chi connectivity index (χ1) is 3.41. The second kappa shape index (κ2) is 5.84. The molecule has 0 saturated carbocycles. The summed E-state index contributed by atoms with van der Waals surface area (Å²) in [6, 6.07) is 0. The number of nitrogens with one attached hydrogen (secondary N) is 2. The second-order valence-corrected chi connectivity index (χ2v) is 0.945. The molecule has 0 aliphatic heterocycles. The zero-order valence-electron chi connectivity index (χ0n) is 4.27. The van der Waals surface area contributed by atoms with Crippen molar-refractivity contribution in [2.75, 3.05) is 20.5 Å². The van der Waals surface area contributed by atoms with Crippen molar-refractivity contribution in [1.29, 1.82) is 0 Å². The number of rotatable bonds is 4. The molecule has 0 aliphatic carbocycles. The Balaban J connectivity index is 2.45. The number of aliphatic hydroxyl groups excluding tert-OH is 1. The Hall–Kier alpha value is -0.160. The quantitative estimate of drug-likeness (QED) is 0.235. The van der Waals surface area contributed by atoms with Crippen molar-refractivity contribution in [3.8, 4) is 0 Å². The van der Waals surface area contributed by atoms with E-state index in [0.717, 1.165) is 0 Å². The van der Waals surface area contributed by atoms with Crippen molar-refractivity contribution >= 4 is 0 Å². The highest BCUT2D eigenvalue weighted by molar-refractivity contribution is 4.10. The summed E-state index contributed by atoms with van der Waals surface area (Å²) in [7, 11) is 1.75. The maximum absolute atomic E-state index is 8.03. The molecule has 0 aromatic rings. The van der Waals surface area contributed by atoms with Crippen LogP contribution in [0.25, 0.3) is 0 Å². The first-order valence-corrected chi connectivity index (χ1v) is 2.02. The molecule has 3 N–H and O–H groups in total. The van der Waals surface area contributed by atoms with Gasteiger partial charge in [-0.1, -0.05) is 0 Å². The van der Waals surface area contributed by atoms with E-state index < -0.39 is 0 Å². The van der Waals surface area contributed by atoms with E-state index in [1.807, 2.05) is 0 Å². The monoisotopic (exact) mass is 106 g/mol. The van der Waals surface area contributed by atoms with Crippen LogP contribution in [-0.4, -0.2) is 25.6 Å². The maximum Gasteiger partial charge on any atom is 0.118 e. The van der Waals surface area contributed by atoms with Gasteiger partial charge in [-0.05, 0) is 7.05 Å². The number of aliphatic hydroxyl groups is 1. The molecule has 0 aromatic heterocycles. The molecule has 0 rings (SSSR count). The Kier molecular flexibility index (Phi) is 5.71. The van der Waals surface area contributed by atoms with Gasteiger partial charge in [-0.2, -0.15) is 5.48 Å². The molecular weight excluding hydrogens is 96.0 g/mol. The van der Waals surface area contributed by atoms with Gasteiger partial charge in [-0.3, -0.25) is 10.2 Å². The molecule has 0 aliphatic rings. The van der Waals surface area contributed by atoms with Gasteiger partial charge in [0.1, 0.15) is 13.5 Å². The topological polar surface area (TPSA) is 53.5 Å². The van der Waals surface area contributed by atoms with Crippen molar-refractivity contribution in [3.63, 3.8) is 0 Å². The third-order valence-corrected chi connectivity index (χ3v) is 0.383. The van der Waals surface area contributed by atoms with Crippen LogP contribution in [0.2, 0.25) is 0 Å². The van der Waals surface area contributed by atoms with Crippen molar-refractivity contribution in [1.82, 2.24) is 10.8 Å². The van der Waals surface area contributed by atoms with E-state index >= 15 is 0 Å². The van der Waals surface area contributed by atoms with Crippen LogP contribution in [0.1, 0.15) is 0 Å².